The van der Waals surface area contributed by atoms with Crippen LogP contribution in [0.1, 0.15) is 42.7 Å². The zero-order valence-electron chi connectivity index (χ0n) is 17.2. The second kappa shape index (κ2) is 9.06. The maximum absolute atomic E-state index is 13.1. The maximum Gasteiger partial charge on any atom is 0.314 e. The normalized spacial score (nSPS) is 15.0. The first-order valence-electron chi connectivity index (χ1n) is 9.93. The minimum absolute atomic E-state index is 0.0239. The first kappa shape index (κ1) is 21.5. The lowest BCUT2D eigenvalue weighted by Gasteiger charge is -2.31. The summed E-state index contributed by atoms with van der Waals surface area (Å²) in [5.74, 6) is -0.00427. The van der Waals surface area contributed by atoms with Crippen LogP contribution in [0, 0.1) is 5.82 Å². The molecule has 2 aromatic rings. The number of hydrogen-bond donors (Lipinski definition) is 3. The van der Waals surface area contributed by atoms with Crippen molar-refractivity contribution in [1.29, 1.82) is 0 Å². The number of rotatable bonds is 6. The fraction of sp³-hybridized carbons (Fsp3) is 0.429. The van der Waals surface area contributed by atoms with Gasteiger partial charge in [-0.2, -0.15) is 0 Å². The van der Waals surface area contributed by atoms with E-state index in [9.17, 15) is 14.0 Å². The van der Waals surface area contributed by atoms with E-state index in [0.29, 0.717) is 38.3 Å². The molecule has 0 unspecified atom stereocenters. The van der Waals surface area contributed by atoms with E-state index in [1.165, 1.54) is 12.1 Å². The predicted octanol–water partition coefficient (Wildman–Crippen LogP) is 2.28. The Bertz CT molecular complexity index is 877. The second-order valence-electron chi connectivity index (χ2n) is 8.12. The number of nitrogens with one attached hydrogen (secondary N) is 2. The van der Waals surface area contributed by atoms with Gasteiger partial charge in [0.2, 0.25) is 0 Å². The van der Waals surface area contributed by atoms with Crippen LogP contribution in [0.25, 0.3) is 0 Å². The molecule has 0 aliphatic carbocycles. The number of hydrogen-bond acceptors (Lipinski definition) is 5. The van der Waals surface area contributed by atoms with E-state index in [2.05, 4.69) is 20.8 Å². The summed E-state index contributed by atoms with van der Waals surface area (Å²) >= 11 is 0. The molecule has 1 aromatic heterocycles. The molecule has 0 spiro atoms. The summed E-state index contributed by atoms with van der Waals surface area (Å²) in [6.45, 7) is 5.71. The molecule has 0 saturated carbocycles. The fourth-order valence-corrected chi connectivity index (χ4v) is 3.37. The smallest absolute Gasteiger partial charge is 0.314 e. The molecule has 0 atom stereocenters. The Balaban J connectivity index is 1.51. The molecule has 160 valence electrons. The van der Waals surface area contributed by atoms with Gasteiger partial charge in [-0.15, -0.1) is 10.2 Å². The molecular formula is C21H27FN6O2. The molecule has 3 amide bonds. The largest absolute Gasteiger partial charge is 0.368 e. The Morgan fingerprint density at radius 3 is 2.37 bits per heavy atom. The minimum atomic E-state index is -0.434. The van der Waals surface area contributed by atoms with Gasteiger partial charge in [0.05, 0.1) is 0 Å². The van der Waals surface area contributed by atoms with E-state index >= 15 is 0 Å². The number of carbonyl (C=O) groups is 2. The molecule has 1 aliphatic rings. The van der Waals surface area contributed by atoms with Gasteiger partial charge >= 0.3 is 6.03 Å². The van der Waals surface area contributed by atoms with Crippen molar-refractivity contribution in [1.82, 2.24) is 20.4 Å². The number of anilines is 1. The summed E-state index contributed by atoms with van der Waals surface area (Å²) < 4.78 is 13.1. The molecule has 0 radical (unpaired) electrons. The van der Waals surface area contributed by atoms with E-state index in [-0.39, 0.29) is 28.9 Å². The first-order valence-corrected chi connectivity index (χ1v) is 9.93. The SMILES string of the molecule is CC(C)(CNc1ccc(C(=O)NC2CCN(C(N)=O)CC2)nn1)c1ccc(F)cc1. The third-order valence-corrected chi connectivity index (χ3v) is 5.38. The molecule has 4 N–H and O–H groups in total. The standard InChI is InChI=1S/C21H27FN6O2/c1-21(2,14-3-5-15(22)6-4-14)13-24-18-8-7-17(26-27-18)19(29)25-16-9-11-28(12-10-16)20(23)30/h3-8,16H,9-13H2,1-2H3,(H2,23,30)(H,24,27)(H,25,29). The van der Waals surface area contributed by atoms with Crippen molar-refractivity contribution in [2.24, 2.45) is 5.73 Å². The van der Waals surface area contributed by atoms with Crippen LogP contribution in [0.4, 0.5) is 15.0 Å². The van der Waals surface area contributed by atoms with Crippen LogP contribution >= 0.6 is 0 Å². The summed E-state index contributed by atoms with van der Waals surface area (Å²) in [6, 6.07) is 9.30. The van der Waals surface area contributed by atoms with Crippen molar-refractivity contribution in [2.75, 3.05) is 25.0 Å². The van der Waals surface area contributed by atoms with Crippen LogP contribution in [-0.2, 0) is 5.41 Å². The van der Waals surface area contributed by atoms with E-state index in [1.807, 2.05) is 13.8 Å². The van der Waals surface area contributed by atoms with Crippen molar-refractivity contribution < 1.29 is 14.0 Å². The molecule has 1 saturated heterocycles. The zero-order chi connectivity index (χ0) is 21.7. The van der Waals surface area contributed by atoms with Gasteiger partial charge in [0, 0.05) is 31.1 Å². The lowest BCUT2D eigenvalue weighted by molar-refractivity contribution is 0.0913. The van der Waals surface area contributed by atoms with Crippen LogP contribution in [-0.4, -0.2) is 52.7 Å². The number of piperidine rings is 1. The van der Waals surface area contributed by atoms with E-state index in [1.54, 1.807) is 29.2 Å². The second-order valence-corrected chi connectivity index (χ2v) is 8.12. The Hall–Kier alpha value is -3.23. The van der Waals surface area contributed by atoms with Gasteiger partial charge in [0.25, 0.3) is 5.91 Å². The van der Waals surface area contributed by atoms with Crippen molar-refractivity contribution in [3.63, 3.8) is 0 Å². The summed E-state index contributed by atoms with van der Waals surface area (Å²) in [6.07, 6.45) is 1.31. The Kier molecular flexibility index (Phi) is 6.49. The summed E-state index contributed by atoms with van der Waals surface area (Å²) in [7, 11) is 0. The van der Waals surface area contributed by atoms with Gasteiger partial charge in [-0.1, -0.05) is 26.0 Å². The molecule has 1 aliphatic heterocycles. The zero-order valence-corrected chi connectivity index (χ0v) is 17.2. The number of benzene rings is 1. The third-order valence-electron chi connectivity index (χ3n) is 5.38. The van der Waals surface area contributed by atoms with Gasteiger partial charge < -0.3 is 21.3 Å². The Morgan fingerprint density at radius 1 is 1.13 bits per heavy atom. The summed E-state index contributed by atoms with van der Waals surface area (Å²) in [4.78, 5) is 25.1. The average molecular weight is 414 g/mol. The highest BCUT2D eigenvalue weighted by Gasteiger charge is 2.24. The van der Waals surface area contributed by atoms with Crippen molar-refractivity contribution in [3.8, 4) is 0 Å². The number of amides is 3. The third kappa shape index (κ3) is 5.43. The highest BCUT2D eigenvalue weighted by atomic mass is 19.1. The predicted molar refractivity (Wildman–Crippen MR) is 112 cm³/mol. The lowest BCUT2D eigenvalue weighted by Crippen LogP contribution is -2.48. The van der Waals surface area contributed by atoms with Crippen molar-refractivity contribution >= 4 is 17.8 Å². The molecule has 8 nitrogen and oxygen atoms in total. The Morgan fingerprint density at radius 2 is 1.80 bits per heavy atom. The van der Waals surface area contributed by atoms with Crippen LogP contribution in [0.15, 0.2) is 36.4 Å². The van der Waals surface area contributed by atoms with Crippen LogP contribution in [0.3, 0.4) is 0 Å². The van der Waals surface area contributed by atoms with E-state index in [0.717, 1.165) is 5.56 Å². The molecule has 30 heavy (non-hydrogen) atoms. The lowest BCUT2D eigenvalue weighted by atomic mass is 9.84. The molecule has 2 heterocycles. The number of likely N-dealkylation sites (tertiary alicyclic amines) is 1. The number of urea groups is 1. The van der Waals surface area contributed by atoms with Gasteiger partial charge in [0.15, 0.2) is 5.69 Å². The number of aromatic nitrogens is 2. The number of nitrogens with zero attached hydrogens (tertiary/aromatic N) is 3. The molecule has 3 rings (SSSR count). The molecule has 0 bridgehead atoms. The van der Waals surface area contributed by atoms with Crippen molar-refractivity contribution in [2.45, 2.75) is 38.1 Å². The van der Waals surface area contributed by atoms with Crippen LogP contribution < -0.4 is 16.4 Å². The summed E-state index contributed by atoms with van der Waals surface area (Å²) in [5.41, 5.74) is 6.26. The topological polar surface area (TPSA) is 113 Å². The molecule has 9 heteroatoms. The number of primary amides is 1. The maximum atomic E-state index is 13.1. The van der Waals surface area contributed by atoms with Gasteiger partial charge in [-0.05, 0) is 42.7 Å². The summed E-state index contributed by atoms with van der Waals surface area (Å²) in [5, 5.41) is 14.2. The molecule has 1 fully saturated rings. The van der Waals surface area contributed by atoms with Crippen LogP contribution in [0.2, 0.25) is 0 Å². The van der Waals surface area contributed by atoms with Gasteiger partial charge in [-0.25, -0.2) is 9.18 Å². The first-order chi connectivity index (χ1) is 14.2. The van der Waals surface area contributed by atoms with Gasteiger partial charge in [-0.3, -0.25) is 4.79 Å². The van der Waals surface area contributed by atoms with E-state index in [4.69, 9.17) is 5.73 Å². The van der Waals surface area contributed by atoms with Gasteiger partial charge in [0.1, 0.15) is 11.6 Å². The van der Waals surface area contributed by atoms with Crippen LogP contribution in [0.5, 0.6) is 0 Å². The molecule has 1 aromatic carbocycles. The number of carbonyl (C=O) groups excluding carboxylic acids is 2. The quantitative estimate of drug-likeness (QED) is 0.671. The fourth-order valence-electron chi connectivity index (χ4n) is 3.37. The monoisotopic (exact) mass is 414 g/mol. The highest BCUT2D eigenvalue weighted by Crippen LogP contribution is 2.23. The highest BCUT2D eigenvalue weighted by molar-refractivity contribution is 5.92. The Labute approximate surface area is 175 Å². The number of nitrogens with two attached hydrogens (primary N) is 1. The number of halogens is 1. The molecular weight excluding hydrogens is 387 g/mol. The average Bonchev–Trinajstić information content (AvgIpc) is 2.73. The van der Waals surface area contributed by atoms with E-state index < -0.39 is 6.03 Å². The minimum Gasteiger partial charge on any atom is -0.368 e. The van der Waals surface area contributed by atoms with Crippen molar-refractivity contribution in [3.05, 3.63) is 53.5 Å².